The predicted molar refractivity (Wildman–Crippen MR) is 87.9 cm³/mol. The van der Waals surface area contributed by atoms with Crippen LogP contribution in [-0.2, 0) is 17.8 Å². The number of halogens is 1. The normalized spacial score (nSPS) is 25.4. The molecule has 1 N–H and O–H groups in total. The van der Waals surface area contributed by atoms with E-state index in [2.05, 4.69) is 38.9 Å². The first kappa shape index (κ1) is 14.9. The molecule has 110 valence electrons. The molecule has 0 amide bonds. The Morgan fingerprint density at radius 1 is 1.35 bits per heavy atom. The van der Waals surface area contributed by atoms with Gasteiger partial charge in [0.1, 0.15) is 4.75 Å². The van der Waals surface area contributed by atoms with Crippen LogP contribution in [-0.4, -0.2) is 9.30 Å². The van der Waals surface area contributed by atoms with Crippen molar-refractivity contribution in [3.63, 3.8) is 0 Å². The van der Waals surface area contributed by atoms with Crippen LogP contribution in [0.25, 0.3) is 0 Å². The Hall–Kier alpha value is -0.0300. The Labute approximate surface area is 133 Å². The van der Waals surface area contributed by atoms with Gasteiger partial charge in [-0.3, -0.25) is 0 Å². The van der Waals surface area contributed by atoms with Crippen LogP contribution in [0.15, 0.2) is 22.7 Å². The van der Waals surface area contributed by atoms with Gasteiger partial charge in [-0.05, 0) is 68.7 Å². The fourth-order valence-corrected chi connectivity index (χ4v) is 4.70. The van der Waals surface area contributed by atoms with E-state index in [0.29, 0.717) is 5.41 Å². The van der Waals surface area contributed by atoms with E-state index in [4.69, 9.17) is 0 Å². The number of hydrogen-bond acceptors (Lipinski definition) is 2. The first-order valence-electron chi connectivity index (χ1n) is 7.28. The standard InChI is InChI=1S/C16H22BrNOS/c1-15(2,3)20(19)18-14-13-9-12(17)6-5-11(13)10-16(14)7-4-8-16/h5-6,9,14,18H,4,7-8,10H2,1-3H3. The maximum atomic E-state index is 12.5. The van der Waals surface area contributed by atoms with Crippen molar-refractivity contribution in [3.05, 3.63) is 33.8 Å². The van der Waals surface area contributed by atoms with Crippen LogP contribution in [0.5, 0.6) is 0 Å². The van der Waals surface area contributed by atoms with Crippen LogP contribution in [0.2, 0.25) is 0 Å². The minimum atomic E-state index is -1.02. The summed E-state index contributed by atoms with van der Waals surface area (Å²) in [5.74, 6) is 0. The Bertz CT molecular complexity index is 522. The molecule has 2 unspecified atom stereocenters. The van der Waals surface area contributed by atoms with Gasteiger partial charge in [0.25, 0.3) is 0 Å². The molecule has 20 heavy (non-hydrogen) atoms. The molecule has 0 aliphatic heterocycles. The average molecular weight is 356 g/mol. The number of benzene rings is 1. The van der Waals surface area contributed by atoms with Gasteiger partial charge in [0.15, 0.2) is 0 Å². The first-order chi connectivity index (χ1) is 9.32. The highest BCUT2D eigenvalue weighted by Crippen LogP contribution is 2.58. The van der Waals surface area contributed by atoms with E-state index < -0.39 is 11.4 Å². The first-order valence-corrected chi connectivity index (χ1v) is 9.22. The van der Waals surface area contributed by atoms with Crippen LogP contribution in [0.3, 0.4) is 0 Å². The summed E-state index contributed by atoms with van der Waals surface area (Å²) < 4.78 is 16.9. The van der Waals surface area contributed by atoms with Gasteiger partial charge in [-0.1, -0.05) is 28.4 Å². The van der Waals surface area contributed by atoms with Gasteiger partial charge in [0.2, 0.25) is 0 Å². The Balaban J connectivity index is 1.92. The molecule has 0 heterocycles. The van der Waals surface area contributed by atoms with E-state index in [-0.39, 0.29) is 10.8 Å². The topological polar surface area (TPSA) is 35.1 Å². The SMILES string of the molecule is CC(C)(C)[S+]([O-])NC1c2cc(Br)ccc2CC12CCC2. The second-order valence-electron chi connectivity index (χ2n) is 7.17. The molecular weight excluding hydrogens is 334 g/mol. The number of fused-ring (bicyclic) bond motifs is 1. The second kappa shape index (κ2) is 5.01. The van der Waals surface area contributed by atoms with Crippen molar-refractivity contribution < 1.29 is 4.55 Å². The number of rotatable bonds is 2. The monoisotopic (exact) mass is 355 g/mol. The number of hydrogen-bond donors (Lipinski definition) is 1. The maximum absolute atomic E-state index is 12.5. The largest absolute Gasteiger partial charge is 0.598 e. The van der Waals surface area contributed by atoms with E-state index in [9.17, 15) is 4.55 Å². The van der Waals surface area contributed by atoms with Crippen LogP contribution in [0.1, 0.15) is 57.2 Å². The lowest BCUT2D eigenvalue weighted by molar-refractivity contribution is 0.102. The van der Waals surface area contributed by atoms with Crippen molar-refractivity contribution in [2.24, 2.45) is 5.41 Å². The van der Waals surface area contributed by atoms with Crippen molar-refractivity contribution in [3.8, 4) is 0 Å². The summed E-state index contributed by atoms with van der Waals surface area (Å²) in [6.07, 6.45) is 4.93. The highest BCUT2D eigenvalue weighted by atomic mass is 79.9. The maximum Gasteiger partial charge on any atom is 0.136 e. The molecule has 3 rings (SSSR count). The van der Waals surface area contributed by atoms with Gasteiger partial charge in [-0.15, -0.1) is 4.72 Å². The summed E-state index contributed by atoms with van der Waals surface area (Å²) in [6, 6.07) is 6.79. The predicted octanol–water partition coefficient (Wildman–Crippen LogP) is 4.27. The molecule has 2 atom stereocenters. The molecule has 1 aromatic carbocycles. The molecule has 1 aromatic rings. The van der Waals surface area contributed by atoms with Gasteiger partial charge < -0.3 is 4.55 Å². The van der Waals surface area contributed by atoms with Crippen LogP contribution in [0.4, 0.5) is 0 Å². The smallest absolute Gasteiger partial charge is 0.136 e. The molecule has 4 heteroatoms. The van der Waals surface area contributed by atoms with Gasteiger partial charge in [-0.2, -0.15) is 0 Å². The Morgan fingerprint density at radius 3 is 2.60 bits per heavy atom. The second-order valence-corrected chi connectivity index (χ2v) is 10.1. The van der Waals surface area contributed by atoms with Crippen LogP contribution < -0.4 is 4.72 Å². The quantitative estimate of drug-likeness (QED) is 0.804. The van der Waals surface area contributed by atoms with Gasteiger partial charge in [0.05, 0.1) is 6.04 Å². The molecule has 2 nitrogen and oxygen atoms in total. The lowest BCUT2D eigenvalue weighted by Crippen LogP contribution is -2.47. The Morgan fingerprint density at radius 2 is 2.05 bits per heavy atom. The molecular formula is C16H22BrNOS. The van der Waals surface area contributed by atoms with E-state index in [1.807, 2.05) is 20.8 Å². The van der Waals surface area contributed by atoms with Crippen molar-refractivity contribution in [2.45, 2.75) is 57.2 Å². The summed E-state index contributed by atoms with van der Waals surface area (Å²) >= 11 is 2.55. The van der Waals surface area contributed by atoms with Crippen molar-refractivity contribution >= 4 is 27.3 Å². The summed E-state index contributed by atoms with van der Waals surface area (Å²) in [5, 5.41) is 0. The number of nitrogens with one attached hydrogen (secondary N) is 1. The lowest BCUT2D eigenvalue weighted by Gasteiger charge is -2.44. The third-order valence-electron chi connectivity index (χ3n) is 4.70. The third kappa shape index (κ3) is 2.45. The van der Waals surface area contributed by atoms with Crippen molar-refractivity contribution in [1.82, 2.24) is 4.72 Å². The molecule has 0 saturated heterocycles. The van der Waals surface area contributed by atoms with E-state index >= 15 is 0 Å². The molecule has 2 aliphatic carbocycles. The fourth-order valence-electron chi connectivity index (χ4n) is 3.38. The zero-order chi connectivity index (χ0) is 14.5. The summed E-state index contributed by atoms with van der Waals surface area (Å²) in [7, 11) is 0. The molecule has 1 saturated carbocycles. The zero-order valence-electron chi connectivity index (χ0n) is 12.3. The minimum Gasteiger partial charge on any atom is -0.598 e. The van der Waals surface area contributed by atoms with Gasteiger partial charge in [-0.25, -0.2) is 0 Å². The highest BCUT2D eigenvalue weighted by molar-refractivity contribution is 9.10. The highest BCUT2D eigenvalue weighted by Gasteiger charge is 2.52. The average Bonchev–Trinajstić information content (AvgIpc) is 2.62. The molecule has 1 fully saturated rings. The summed E-state index contributed by atoms with van der Waals surface area (Å²) in [4.78, 5) is 0. The zero-order valence-corrected chi connectivity index (χ0v) is 14.7. The van der Waals surface area contributed by atoms with Crippen molar-refractivity contribution in [1.29, 1.82) is 0 Å². The van der Waals surface area contributed by atoms with Crippen molar-refractivity contribution in [2.75, 3.05) is 0 Å². The molecule has 1 spiro atoms. The molecule has 2 aliphatic rings. The summed E-state index contributed by atoms with van der Waals surface area (Å²) in [5.41, 5.74) is 3.08. The molecule has 0 radical (unpaired) electrons. The molecule has 0 aromatic heterocycles. The molecule has 0 bridgehead atoms. The van der Waals surface area contributed by atoms with E-state index in [1.165, 1.54) is 30.4 Å². The minimum absolute atomic E-state index is 0.223. The fraction of sp³-hybridized carbons (Fsp3) is 0.625. The van der Waals surface area contributed by atoms with Crippen LogP contribution >= 0.6 is 15.9 Å². The third-order valence-corrected chi connectivity index (χ3v) is 6.76. The van der Waals surface area contributed by atoms with Crippen LogP contribution in [0, 0.1) is 5.41 Å². The summed E-state index contributed by atoms with van der Waals surface area (Å²) in [6.45, 7) is 6.08. The van der Waals surface area contributed by atoms with E-state index in [1.54, 1.807) is 0 Å². The van der Waals surface area contributed by atoms with E-state index in [0.717, 1.165) is 10.9 Å². The lowest BCUT2D eigenvalue weighted by atomic mass is 9.64. The van der Waals surface area contributed by atoms with Gasteiger partial charge in [0, 0.05) is 15.8 Å². The Kier molecular flexibility index (Phi) is 3.73. The van der Waals surface area contributed by atoms with Gasteiger partial charge >= 0.3 is 0 Å².